The fourth-order valence-electron chi connectivity index (χ4n) is 5.92. The van der Waals surface area contributed by atoms with E-state index < -0.39 is 10.0 Å². The molecule has 0 unspecified atom stereocenters. The predicted molar refractivity (Wildman–Crippen MR) is 140 cm³/mol. The standard InChI is InChI=1S/C29H33FN2O3S/c1-20-8-3-4-11-28(20)36(34,35)31-16-5-6-17-32-26(18-31)29(27(32)19-33)23-14-12-22(13-15-23)24-9-7-10-25(30)21(24)2/h3-4,7-15,26-27,29,33H,5-6,16-19H2,1-2H3/t26-,27+,29-/m0/s1. The van der Waals surface area contributed by atoms with E-state index in [4.69, 9.17) is 0 Å². The van der Waals surface area contributed by atoms with Crippen LogP contribution in [-0.2, 0) is 10.0 Å². The maximum absolute atomic E-state index is 14.1. The largest absolute Gasteiger partial charge is 0.395 e. The van der Waals surface area contributed by atoms with Gasteiger partial charge in [-0.15, -0.1) is 0 Å². The summed E-state index contributed by atoms with van der Waals surface area (Å²) in [6.07, 6.45) is 1.68. The molecule has 190 valence electrons. The van der Waals surface area contributed by atoms with Crippen LogP contribution in [0.3, 0.4) is 0 Å². The minimum Gasteiger partial charge on any atom is -0.395 e. The number of benzene rings is 3. The lowest BCUT2D eigenvalue weighted by Crippen LogP contribution is -2.67. The van der Waals surface area contributed by atoms with Gasteiger partial charge in [-0.2, -0.15) is 4.31 Å². The number of aliphatic hydroxyl groups is 1. The molecule has 2 heterocycles. The molecule has 7 heteroatoms. The molecule has 0 bridgehead atoms. The van der Waals surface area contributed by atoms with Gasteiger partial charge >= 0.3 is 0 Å². The molecule has 0 spiro atoms. The van der Waals surface area contributed by atoms with E-state index in [1.54, 1.807) is 29.4 Å². The number of nitrogens with zero attached hydrogens (tertiary/aromatic N) is 2. The lowest BCUT2D eigenvalue weighted by atomic mass is 9.74. The second-order valence-electron chi connectivity index (χ2n) is 9.95. The van der Waals surface area contributed by atoms with Crippen molar-refractivity contribution in [2.45, 2.75) is 49.6 Å². The van der Waals surface area contributed by atoms with E-state index in [1.807, 2.05) is 49.4 Å². The molecule has 36 heavy (non-hydrogen) atoms. The van der Waals surface area contributed by atoms with Crippen LogP contribution in [0.15, 0.2) is 71.6 Å². The number of fused-ring (bicyclic) bond motifs is 1. The minimum absolute atomic E-state index is 0.0111. The van der Waals surface area contributed by atoms with Gasteiger partial charge in [0.15, 0.2) is 0 Å². The second kappa shape index (κ2) is 10.1. The first kappa shape index (κ1) is 25.1. The summed E-state index contributed by atoms with van der Waals surface area (Å²) in [5.74, 6) is -0.207. The fraction of sp³-hybridized carbons (Fsp3) is 0.379. The van der Waals surface area contributed by atoms with Crippen molar-refractivity contribution < 1.29 is 17.9 Å². The Hall–Kier alpha value is -2.58. The third-order valence-electron chi connectivity index (χ3n) is 7.92. The van der Waals surface area contributed by atoms with Gasteiger partial charge in [-0.3, -0.25) is 4.90 Å². The van der Waals surface area contributed by atoms with Gasteiger partial charge in [-0.05, 0) is 73.2 Å². The highest BCUT2D eigenvalue weighted by Crippen LogP contribution is 2.43. The third kappa shape index (κ3) is 4.39. The Bertz CT molecular complexity index is 1340. The number of hydrogen-bond donors (Lipinski definition) is 1. The van der Waals surface area contributed by atoms with Crippen LogP contribution in [0.4, 0.5) is 4.39 Å². The highest BCUT2D eigenvalue weighted by Gasteiger charge is 2.50. The molecule has 2 fully saturated rings. The summed E-state index contributed by atoms with van der Waals surface area (Å²) in [6.45, 7) is 5.38. The number of aliphatic hydroxyl groups excluding tert-OH is 1. The third-order valence-corrected chi connectivity index (χ3v) is 9.94. The monoisotopic (exact) mass is 508 g/mol. The van der Waals surface area contributed by atoms with Crippen LogP contribution in [0.1, 0.15) is 35.4 Å². The van der Waals surface area contributed by atoms with Gasteiger partial charge in [-0.25, -0.2) is 12.8 Å². The predicted octanol–water partition coefficient (Wildman–Crippen LogP) is 4.72. The Morgan fingerprint density at radius 2 is 1.67 bits per heavy atom. The van der Waals surface area contributed by atoms with Crippen LogP contribution in [0, 0.1) is 19.7 Å². The van der Waals surface area contributed by atoms with E-state index in [9.17, 15) is 17.9 Å². The molecule has 3 aromatic rings. The van der Waals surface area contributed by atoms with E-state index >= 15 is 0 Å². The minimum atomic E-state index is -3.63. The zero-order chi connectivity index (χ0) is 25.4. The van der Waals surface area contributed by atoms with Gasteiger partial charge in [0.2, 0.25) is 10.0 Å². The quantitative estimate of drug-likeness (QED) is 0.542. The molecule has 2 aliphatic rings. The Morgan fingerprint density at radius 3 is 2.39 bits per heavy atom. The second-order valence-corrected chi connectivity index (χ2v) is 11.9. The van der Waals surface area contributed by atoms with E-state index in [1.165, 1.54) is 6.07 Å². The van der Waals surface area contributed by atoms with Crippen molar-refractivity contribution in [1.82, 2.24) is 9.21 Å². The first-order chi connectivity index (χ1) is 17.3. The molecule has 0 saturated carbocycles. The van der Waals surface area contributed by atoms with Crippen molar-refractivity contribution in [2.24, 2.45) is 0 Å². The zero-order valence-corrected chi connectivity index (χ0v) is 21.6. The molecule has 0 amide bonds. The average molecular weight is 509 g/mol. The van der Waals surface area contributed by atoms with Crippen molar-refractivity contribution in [3.8, 4) is 11.1 Å². The molecule has 3 atom stereocenters. The summed E-state index contributed by atoms with van der Waals surface area (Å²) in [5, 5.41) is 10.2. The normalized spacial score (nSPS) is 23.4. The molecule has 0 radical (unpaired) electrons. The summed E-state index contributed by atoms with van der Waals surface area (Å²) in [5.41, 5.74) is 4.23. The molecule has 5 rings (SSSR count). The smallest absolute Gasteiger partial charge is 0.243 e. The Morgan fingerprint density at radius 1 is 0.944 bits per heavy atom. The van der Waals surface area contributed by atoms with Crippen molar-refractivity contribution >= 4 is 10.0 Å². The SMILES string of the molecule is Cc1ccccc1S(=O)(=O)N1CCCCN2[C@H](CO)[C@@H](c3ccc(-c4cccc(F)c4C)cc3)[C@@H]2C1. The highest BCUT2D eigenvalue weighted by molar-refractivity contribution is 7.89. The fourth-order valence-corrected chi connectivity index (χ4v) is 7.64. The Balaban J connectivity index is 1.44. The molecule has 5 nitrogen and oxygen atoms in total. The molecule has 1 N–H and O–H groups in total. The lowest BCUT2D eigenvalue weighted by molar-refractivity contribution is -0.0553. The molecule has 3 aromatic carbocycles. The van der Waals surface area contributed by atoms with Crippen LogP contribution in [0.2, 0.25) is 0 Å². The maximum atomic E-state index is 14.1. The van der Waals surface area contributed by atoms with Gasteiger partial charge in [0.25, 0.3) is 0 Å². The van der Waals surface area contributed by atoms with Crippen LogP contribution >= 0.6 is 0 Å². The van der Waals surface area contributed by atoms with E-state index in [2.05, 4.69) is 4.90 Å². The van der Waals surface area contributed by atoms with Crippen molar-refractivity contribution in [3.05, 3.63) is 89.2 Å². The van der Waals surface area contributed by atoms with E-state index in [-0.39, 0.29) is 30.4 Å². The number of hydrogen-bond acceptors (Lipinski definition) is 4. The summed E-state index contributed by atoms with van der Waals surface area (Å²) in [6, 6.07) is 20.3. The first-order valence-corrected chi connectivity index (χ1v) is 14.0. The van der Waals surface area contributed by atoms with Crippen LogP contribution < -0.4 is 0 Å². The summed E-state index contributed by atoms with van der Waals surface area (Å²) < 4.78 is 43.0. The zero-order valence-electron chi connectivity index (χ0n) is 20.8. The van der Waals surface area contributed by atoms with E-state index in [0.29, 0.717) is 23.5 Å². The van der Waals surface area contributed by atoms with Crippen molar-refractivity contribution in [1.29, 1.82) is 0 Å². The molecule has 2 aliphatic heterocycles. The Labute approximate surface area is 213 Å². The lowest BCUT2D eigenvalue weighted by Gasteiger charge is -2.57. The summed E-state index contributed by atoms with van der Waals surface area (Å²) in [4.78, 5) is 2.64. The number of sulfonamides is 1. The van der Waals surface area contributed by atoms with Crippen LogP contribution in [-0.4, -0.2) is 61.1 Å². The molecular weight excluding hydrogens is 475 g/mol. The van der Waals surface area contributed by atoms with Crippen LogP contribution in [0.25, 0.3) is 11.1 Å². The van der Waals surface area contributed by atoms with E-state index in [0.717, 1.165) is 41.6 Å². The van der Waals surface area contributed by atoms with Gasteiger partial charge in [0, 0.05) is 31.1 Å². The molecule has 0 aromatic heterocycles. The van der Waals surface area contributed by atoms with Gasteiger partial charge in [-0.1, -0.05) is 54.6 Å². The number of aryl methyl sites for hydroxylation is 1. The molecule has 2 saturated heterocycles. The number of halogens is 1. The van der Waals surface area contributed by atoms with Gasteiger partial charge in [0.1, 0.15) is 5.82 Å². The van der Waals surface area contributed by atoms with Crippen molar-refractivity contribution in [2.75, 3.05) is 26.2 Å². The van der Waals surface area contributed by atoms with Gasteiger partial charge < -0.3 is 5.11 Å². The molecular formula is C29H33FN2O3S. The summed E-state index contributed by atoms with van der Waals surface area (Å²) >= 11 is 0. The topological polar surface area (TPSA) is 60.9 Å². The highest BCUT2D eigenvalue weighted by atomic mass is 32.2. The Kier molecular flexibility index (Phi) is 7.01. The number of rotatable bonds is 5. The maximum Gasteiger partial charge on any atom is 0.243 e. The van der Waals surface area contributed by atoms with Crippen LogP contribution in [0.5, 0.6) is 0 Å². The van der Waals surface area contributed by atoms with Gasteiger partial charge in [0.05, 0.1) is 11.5 Å². The van der Waals surface area contributed by atoms with Crippen molar-refractivity contribution in [3.63, 3.8) is 0 Å². The average Bonchev–Trinajstić information content (AvgIpc) is 2.85. The molecule has 0 aliphatic carbocycles. The first-order valence-electron chi connectivity index (χ1n) is 12.6. The summed E-state index contributed by atoms with van der Waals surface area (Å²) in [7, 11) is -3.63.